The van der Waals surface area contributed by atoms with Crippen molar-refractivity contribution in [1.29, 1.82) is 0 Å². The Kier molecular flexibility index (Phi) is 6.95. The van der Waals surface area contributed by atoms with Gasteiger partial charge in [0.2, 0.25) is 0 Å². The summed E-state index contributed by atoms with van der Waals surface area (Å²) < 4.78 is 6.20. The van der Waals surface area contributed by atoms with Crippen molar-refractivity contribution in [3.05, 3.63) is 126 Å². The summed E-state index contributed by atoms with van der Waals surface area (Å²) in [5.74, 6) is -0.0482. The summed E-state index contributed by atoms with van der Waals surface area (Å²) >= 11 is 0. The van der Waals surface area contributed by atoms with Gasteiger partial charge in [-0.15, -0.1) is 0 Å². The number of nitrogens with one attached hydrogen (secondary N) is 1. The van der Waals surface area contributed by atoms with Gasteiger partial charge in [-0.2, -0.15) is 0 Å². The molecule has 0 aliphatic carbocycles. The number of carbonyl (C=O) groups is 1. The Morgan fingerprint density at radius 1 is 0.778 bits per heavy atom. The van der Waals surface area contributed by atoms with Crippen molar-refractivity contribution in [1.82, 2.24) is 0 Å². The Labute approximate surface area is 210 Å². The van der Waals surface area contributed by atoms with E-state index in [0.717, 1.165) is 39.8 Å². The number of ether oxygens (including phenoxy) is 1. The van der Waals surface area contributed by atoms with E-state index >= 15 is 0 Å². The fraction of sp³-hybridized carbons (Fsp3) is 0.0938. The first kappa shape index (κ1) is 23.2. The zero-order chi connectivity index (χ0) is 24.7. The topological polar surface area (TPSA) is 58.6 Å². The summed E-state index contributed by atoms with van der Waals surface area (Å²) in [6.45, 7) is 1.18. The molecule has 5 aromatic carbocycles. The van der Waals surface area contributed by atoms with Gasteiger partial charge in [-0.1, -0.05) is 84.9 Å². The van der Waals surface area contributed by atoms with Crippen molar-refractivity contribution in [2.75, 3.05) is 18.5 Å². The number of carboxylic acids is 1. The number of benzene rings is 5. The first-order valence-corrected chi connectivity index (χ1v) is 12.0. The summed E-state index contributed by atoms with van der Waals surface area (Å²) in [5, 5.41) is 17.4. The molecule has 2 N–H and O–H groups in total. The second kappa shape index (κ2) is 10.8. The third-order valence-electron chi connectivity index (χ3n) is 6.23. The normalized spacial score (nSPS) is 11.5. The van der Waals surface area contributed by atoms with Gasteiger partial charge in [-0.05, 0) is 57.6 Å². The van der Waals surface area contributed by atoms with Gasteiger partial charge in [-0.3, -0.25) is 0 Å². The predicted molar refractivity (Wildman–Crippen MR) is 148 cm³/mol. The number of fused-ring (bicyclic) bond motifs is 2. The molecule has 0 spiro atoms. The van der Waals surface area contributed by atoms with Gasteiger partial charge in [0, 0.05) is 24.0 Å². The fourth-order valence-corrected chi connectivity index (χ4v) is 4.30. The first-order chi connectivity index (χ1) is 17.7. The highest BCUT2D eigenvalue weighted by molar-refractivity contribution is 5.89. The van der Waals surface area contributed by atoms with Gasteiger partial charge in [0.1, 0.15) is 5.75 Å². The lowest BCUT2D eigenvalue weighted by Gasteiger charge is -2.14. The Morgan fingerprint density at radius 3 is 2.31 bits per heavy atom. The Bertz CT molecular complexity index is 1530. The van der Waals surface area contributed by atoms with Crippen molar-refractivity contribution >= 4 is 39.3 Å². The maximum Gasteiger partial charge on any atom is 0.335 e. The molecule has 0 fully saturated rings. The van der Waals surface area contributed by atoms with Crippen LogP contribution in [0, 0.1) is 0 Å². The molecule has 4 heteroatoms. The Balaban J connectivity index is 1.33. The van der Waals surface area contributed by atoms with E-state index in [1.54, 1.807) is 12.1 Å². The molecule has 0 aliphatic heterocycles. The van der Waals surface area contributed by atoms with Crippen LogP contribution in [0.2, 0.25) is 0 Å². The zero-order valence-corrected chi connectivity index (χ0v) is 19.9. The van der Waals surface area contributed by atoms with Gasteiger partial charge >= 0.3 is 5.97 Å². The number of hydrogen-bond acceptors (Lipinski definition) is 3. The lowest BCUT2D eigenvalue weighted by molar-refractivity contribution is 0.0697. The minimum absolute atomic E-state index is 0.280. The molecule has 0 saturated carbocycles. The van der Waals surface area contributed by atoms with Crippen LogP contribution in [-0.4, -0.2) is 24.2 Å². The van der Waals surface area contributed by atoms with Gasteiger partial charge in [0.15, 0.2) is 0 Å². The van der Waals surface area contributed by atoms with Crippen molar-refractivity contribution in [2.45, 2.75) is 6.42 Å². The number of carboxylic acid groups (broad SMARTS) is 1. The van der Waals surface area contributed by atoms with Crippen molar-refractivity contribution in [3.8, 4) is 5.75 Å². The molecule has 0 aliphatic rings. The highest BCUT2D eigenvalue weighted by atomic mass is 16.5. The molecule has 0 unspecified atom stereocenters. The summed E-state index contributed by atoms with van der Waals surface area (Å²) in [6, 6.07) is 35.9. The molecular formula is C32H27NO3. The summed E-state index contributed by atoms with van der Waals surface area (Å²) in [6.07, 6.45) is 2.83. The SMILES string of the molecule is O=C(O)c1ccc(C=C(CCOc2cccc3ccccc23)CNc2ccc3ccccc3c2)cc1. The van der Waals surface area contributed by atoms with E-state index in [1.165, 1.54) is 10.8 Å². The smallest absolute Gasteiger partial charge is 0.335 e. The summed E-state index contributed by atoms with van der Waals surface area (Å²) in [5.41, 5.74) is 3.45. The molecule has 0 atom stereocenters. The van der Waals surface area contributed by atoms with Crippen LogP contribution in [-0.2, 0) is 0 Å². The molecule has 0 radical (unpaired) electrons. The largest absolute Gasteiger partial charge is 0.493 e. The average Bonchev–Trinajstić information content (AvgIpc) is 2.92. The van der Waals surface area contributed by atoms with Gasteiger partial charge in [0.25, 0.3) is 0 Å². The van der Waals surface area contributed by atoms with Crippen LogP contribution in [0.5, 0.6) is 5.75 Å². The Morgan fingerprint density at radius 2 is 1.50 bits per heavy atom. The second-order valence-electron chi connectivity index (χ2n) is 8.72. The van der Waals surface area contributed by atoms with Gasteiger partial charge in [0.05, 0.1) is 12.2 Å². The highest BCUT2D eigenvalue weighted by Gasteiger charge is 2.06. The lowest BCUT2D eigenvalue weighted by atomic mass is 10.1. The lowest BCUT2D eigenvalue weighted by Crippen LogP contribution is -2.08. The number of rotatable bonds is 9. The molecule has 0 bridgehead atoms. The van der Waals surface area contributed by atoms with Crippen LogP contribution >= 0.6 is 0 Å². The van der Waals surface area contributed by atoms with E-state index in [0.29, 0.717) is 13.2 Å². The third kappa shape index (κ3) is 5.56. The third-order valence-corrected chi connectivity index (χ3v) is 6.23. The zero-order valence-electron chi connectivity index (χ0n) is 19.9. The first-order valence-electron chi connectivity index (χ1n) is 12.0. The molecule has 0 aromatic heterocycles. The van der Waals surface area contributed by atoms with Gasteiger partial charge < -0.3 is 15.2 Å². The molecule has 0 amide bonds. The van der Waals surface area contributed by atoms with Gasteiger partial charge in [-0.25, -0.2) is 4.79 Å². The fourth-order valence-electron chi connectivity index (χ4n) is 4.30. The van der Waals surface area contributed by atoms with Crippen molar-refractivity contribution in [3.63, 3.8) is 0 Å². The van der Waals surface area contributed by atoms with Crippen LogP contribution in [0.4, 0.5) is 5.69 Å². The summed E-state index contributed by atoms with van der Waals surface area (Å²) in [4.78, 5) is 11.2. The van der Waals surface area contributed by atoms with E-state index in [2.05, 4.69) is 59.9 Å². The highest BCUT2D eigenvalue weighted by Crippen LogP contribution is 2.26. The van der Waals surface area contributed by atoms with Crippen LogP contribution in [0.15, 0.2) is 115 Å². The number of anilines is 1. The second-order valence-corrected chi connectivity index (χ2v) is 8.72. The quantitative estimate of drug-likeness (QED) is 0.231. The molecule has 0 saturated heterocycles. The van der Waals surface area contributed by atoms with Crippen LogP contribution in [0.1, 0.15) is 22.3 Å². The average molecular weight is 474 g/mol. The molecule has 5 rings (SSSR count). The van der Waals surface area contributed by atoms with E-state index in [1.807, 2.05) is 48.5 Å². The van der Waals surface area contributed by atoms with E-state index < -0.39 is 5.97 Å². The Hall–Kier alpha value is -4.57. The number of hydrogen-bond donors (Lipinski definition) is 2. The van der Waals surface area contributed by atoms with E-state index in [-0.39, 0.29) is 5.56 Å². The molecular weight excluding hydrogens is 446 g/mol. The van der Waals surface area contributed by atoms with Crippen molar-refractivity contribution in [2.24, 2.45) is 0 Å². The van der Waals surface area contributed by atoms with Crippen LogP contribution < -0.4 is 10.1 Å². The minimum atomic E-state index is -0.924. The van der Waals surface area contributed by atoms with E-state index in [4.69, 9.17) is 4.74 Å². The number of aromatic carboxylic acids is 1. The molecule has 5 aromatic rings. The molecule has 0 heterocycles. The maximum absolute atomic E-state index is 11.2. The van der Waals surface area contributed by atoms with Crippen LogP contribution in [0.3, 0.4) is 0 Å². The maximum atomic E-state index is 11.2. The molecule has 178 valence electrons. The summed E-state index contributed by atoms with van der Waals surface area (Å²) in [7, 11) is 0. The standard InChI is InChI=1S/C32H27NO3/c34-32(35)27-14-12-23(13-15-27)20-24(22-33-29-17-16-25-6-1-2-8-28(25)21-29)18-19-36-31-11-5-9-26-7-3-4-10-30(26)31/h1-17,20-21,33H,18-19,22H2,(H,34,35). The van der Waals surface area contributed by atoms with Crippen molar-refractivity contribution < 1.29 is 14.6 Å². The van der Waals surface area contributed by atoms with Crippen LogP contribution in [0.25, 0.3) is 27.6 Å². The monoisotopic (exact) mass is 473 g/mol. The van der Waals surface area contributed by atoms with E-state index in [9.17, 15) is 9.90 Å². The predicted octanol–water partition coefficient (Wildman–Crippen LogP) is 7.66. The molecule has 4 nitrogen and oxygen atoms in total. The molecule has 36 heavy (non-hydrogen) atoms. The minimum Gasteiger partial charge on any atom is -0.493 e.